The van der Waals surface area contributed by atoms with Crippen LogP contribution in [0.3, 0.4) is 0 Å². The van der Waals surface area contributed by atoms with Gasteiger partial charge in [-0.1, -0.05) is 30.3 Å². The van der Waals surface area contributed by atoms with Crippen molar-refractivity contribution < 1.29 is 23.5 Å². The summed E-state index contributed by atoms with van der Waals surface area (Å²) in [5.74, 6) is -0.308. The zero-order chi connectivity index (χ0) is 21.3. The van der Waals surface area contributed by atoms with E-state index in [1.54, 1.807) is 37.3 Å². The first-order valence-corrected chi connectivity index (χ1v) is 9.33. The molecule has 4 aromatic rings. The van der Waals surface area contributed by atoms with Crippen molar-refractivity contribution in [1.29, 1.82) is 0 Å². The minimum atomic E-state index is -0.887. The second-order valence-corrected chi connectivity index (χ2v) is 6.76. The molecule has 0 unspecified atom stereocenters. The fourth-order valence-corrected chi connectivity index (χ4v) is 3.27. The van der Waals surface area contributed by atoms with Crippen LogP contribution in [0.1, 0.15) is 17.3 Å². The Morgan fingerprint density at radius 1 is 0.967 bits per heavy atom. The van der Waals surface area contributed by atoms with Crippen LogP contribution in [0.2, 0.25) is 0 Å². The third-order valence-corrected chi connectivity index (χ3v) is 4.78. The molecular weight excluding hydrogens is 384 g/mol. The molecule has 30 heavy (non-hydrogen) atoms. The number of ether oxygens (including phenoxy) is 2. The smallest absolute Gasteiger partial charge is 0.265 e. The van der Waals surface area contributed by atoms with E-state index in [-0.39, 0.29) is 11.3 Å². The average Bonchev–Trinajstić information content (AvgIpc) is 3.10. The van der Waals surface area contributed by atoms with Gasteiger partial charge in [0.1, 0.15) is 22.7 Å². The van der Waals surface area contributed by atoms with Gasteiger partial charge in [-0.25, -0.2) is 0 Å². The van der Waals surface area contributed by atoms with Gasteiger partial charge in [0.25, 0.3) is 11.8 Å². The van der Waals surface area contributed by atoms with E-state index in [1.165, 1.54) is 7.11 Å². The fraction of sp³-hybridized carbons (Fsp3) is 0.130. The molecule has 0 radical (unpaired) electrons. The lowest BCUT2D eigenvalue weighted by Gasteiger charge is -2.17. The number of benzene rings is 3. The maximum Gasteiger partial charge on any atom is 0.265 e. The third-order valence-electron chi connectivity index (χ3n) is 4.78. The van der Waals surface area contributed by atoms with Crippen LogP contribution < -0.4 is 20.5 Å². The van der Waals surface area contributed by atoms with Gasteiger partial charge in [0, 0.05) is 16.8 Å². The lowest BCUT2D eigenvalue weighted by atomic mass is 10.1. The Labute approximate surface area is 172 Å². The summed E-state index contributed by atoms with van der Waals surface area (Å²) in [4.78, 5) is 24.3. The lowest BCUT2D eigenvalue weighted by molar-refractivity contribution is -0.122. The Kier molecular flexibility index (Phi) is 5.02. The van der Waals surface area contributed by atoms with E-state index in [1.807, 2.05) is 30.3 Å². The molecule has 1 heterocycles. The van der Waals surface area contributed by atoms with Crippen molar-refractivity contribution in [3.05, 3.63) is 66.2 Å². The van der Waals surface area contributed by atoms with E-state index >= 15 is 0 Å². The Bertz CT molecular complexity index is 1260. The first-order chi connectivity index (χ1) is 14.5. The van der Waals surface area contributed by atoms with Crippen molar-refractivity contribution in [1.82, 2.24) is 0 Å². The van der Waals surface area contributed by atoms with Gasteiger partial charge in [0.05, 0.1) is 18.4 Å². The van der Waals surface area contributed by atoms with Gasteiger partial charge in [-0.15, -0.1) is 0 Å². The van der Waals surface area contributed by atoms with Crippen LogP contribution in [0.25, 0.3) is 21.9 Å². The quantitative estimate of drug-likeness (QED) is 0.504. The molecule has 3 aromatic carbocycles. The molecule has 0 saturated carbocycles. The summed E-state index contributed by atoms with van der Waals surface area (Å²) in [6.45, 7) is 1.58. The van der Waals surface area contributed by atoms with Crippen molar-refractivity contribution in [3.63, 3.8) is 0 Å². The van der Waals surface area contributed by atoms with Crippen molar-refractivity contribution >= 4 is 39.4 Å². The largest absolute Gasteiger partial charge is 0.495 e. The van der Waals surface area contributed by atoms with E-state index < -0.39 is 17.9 Å². The minimum Gasteiger partial charge on any atom is -0.495 e. The van der Waals surface area contributed by atoms with E-state index in [4.69, 9.17) is 19.6 Å². The number of hydrogen-bond donors (Lipinski definition) is 2. The summed E-state index contributed by atoms with van der Waals surface area (Å²) in [5.41, 5.74) is 7.40. The number of methoxy groups -OCH3 is 1. The number of para-hydroxylation sites is 2. The average molecular weight is 404 g/mol. The van der Waals surface area contributed by atoms with E-state index in [9.17, 15) is 9.59 Å². The molecular formula is C23H20N2O5. The molecule has 152 valence electrons. The molecule has 1 aromatic heterocycles. The van der Waals surface area contributed by atoms with Crippen LogP contribution in [-0.4, -0.2) is 25.0 Å². The number of fused-ring (bicyclic) bond motifs is 3. The zero-order valence-electron chi connectivity index (χ0n) is 16.5. The number of carbonyl (C=O) groups excluding carboxylic acids is 2. The van der Waals surface area contributed by atoms with Gasteiger partial charge in [-0.05, 0) is 31.2 Å². The minimum absolute atomic E-state index is 0.207. The van der Waals surface area contributed by atoms with Crippen molar-refractivity contribution in [2.75, 3.05) is 12.4 Å². The molecule has 1 atom stereocenters. The Morgan fingerprint density at radius 2 is 1.70 bits per heavy atom. The second kappa shape index (κ2) is 7.79. The van der Waals surface area contributed by atoms with Gasteiger partial charge in [-0.3, -0.25) is 9.59 Å². The number of nitrogens with one attached hydrogen (secondary N) is 1. The van der Waals surface area contributed by atoms with Crippen molar-refractivity contribution in [3.8, 4) is 11.5 Å². The molecule has 0 spiro atoms. The molecule has 0 aliphatic heterocycles. The van der Waals surface area contributed by atoms with Crippen LogP contribution in [-0.2, 0) is 4.79 Å². The molecule has 0 aliphatic rings. The van der Waals surface area contributed by atoms with Gasteiger partial charge in [-0.2, -0.15) is 0 Å². The lowest BCUT2D eigenvalue weighted by Crippen LogP contribution is -2.31. The SMILES string of the molecule is COc1cc2c(cc1NC(=O)[C@@H](C)Oc1ccccc1C(N)=O)oc1ccccc12. The number of primary amides is 1. The molecule has 3 N–H and O–H groups in total. The Morgan fingerprint density at radius 3 is 2.47 bits per heavy atom. The number of furan rings is 1. The molecule has 2 amide bonds. The van der Waals surface area contributed by atoms with Gasteiger partial charge < -0.3 is 24.9 Å². The van der Waals surface area contributed by atoms with E-state index in [0.717, 1.165) is 16.4 Å². The van der Waals surface area contributed by atoms with Crippen LogP contribution in [0.5, 0.6) is 11.5 Å². The molecule has 0 aliphatic carbocycles. The van der Waals surface area contributed by atoms with Crippen LogP contribution >= 0.6 is 0 Å². The summed E-state index contributed by atoms with van der Waals surface area (Å²) >= 11 is 0. The summed E-state index contributed by atoms with van der Waals surface area (Å²) in [6.07, 6.45) is -0.887. The zero-order valence-corrected chi connectivity index (χ0v) is 16.5. The van der Waals surface area contributed by atoms with Crippen LogP contribution in [0.4, 0.5) is 5.69 Å². The molecule has 0 fully saturated rings. The van der Waals surface area contributed by atoms with Gasteiger partial charge in [0.15, 0.2) is 6.10 Å². The normalized spacial score (nSPS) is 11.9. The number of anilines is 1. The predicted molar refractivity (Wildman–Crippen MR) is 114 cm³/mol. The van der Waals surface area contributed by atoms with E-state index in [2.05, 4.69) is 5.32 Å². The topological polar surface area (TPSA) is 104 Å². The third kappa shape index (κ3) is 3.53. The first-order valence-electron chi connectivity index (χ1n) is 9.33. The van der Waals surface area contributed by atoms with Crippen LogP contribution in [0, 0.1) is 0 Å². The number of nitrogens with two attached hydrogens (primary N) is 1. The number of rotatable bonds is 6. The maximum atomic E-state index is 12.7. The van der Waals surface area contributed by atoms with Crippen molar-refractivity contribution in [2.45, 2.75) is 13.0 Å². The molecule has 0 bridgehead atoms. The van der Waals surface area contributed by atoms with Gasteiger partial charge in [0.2, 0.25) is 0 Å². The standard InChI is InChI=1S/C23H20N2O5/c1-13(29-19-10-6-4-8-15(19)22(24)26)23(27)25-17-12-20-16(11-21(17)28-2)14-7-3-5-9-18(14)30-20/h3-13H,1-2H3,(H2,24,26)(H,25,27)/t13-/m1/s1. The summed E-state index contributed by atoms with van der Waals surface area (Å²) in [7, 11) is 1.53. The molecule has 4 rings (SSSR count). The second-order valence-electron chi connectivity index (χ2n) is 6.76. The highest BCUT2D eigenvalue weighted by molar-refractivity contribution is 6.08. The number of amides is 2. The highest BCUT2D eigenvalue weighted by atomic mass is 16.5. The highest BCUT2D eigenvalue weighted by Gasteiger charge is 2.20. The van der Waals surface area contributed by atoms with E-state index in [0.29, 0.717) is 17.0 Å². The maximum absolute atomic E-state index is 12.7. The highest BCUT2D eigenvalue weighted by Crippen LogP contribution is 2.36. The van der Waals surface area contributed by atoms with Crippen LogP contribution in [0.15, 0.2) is 65.1 Å². The molecule has 0 saturated heterocycles. The number of carbonyl (C=O) groups is 2. The molecule has 7 nitrogen and oxygen atoms in total. The fourth-order valence-electron chi connectivity index (χ4n) is 3.27. The first kappa shape index (κ1) is 19.3. The number of hydrogen-bond acceptors (Lipinski definition) is 5. The Balaban J connectivity index is 1.61. The monoisotopic (exact) mass is 404 g/mol. The molecule has 7 heteroatoms. The van der Waals surface area contributed by atoms with Gasteiger partial charge >= 0.3 is 0 Å². The summed E-state index contributed by atoms with van der Waals surface area (Å²) in [6, 6.07) is 17.7. The Hall–Kier alpha value is -4.00. The predicted octanol–water partition coefficient (Wildman–Crippen LogP) is 4.10. The summed E-state index contributed by atoms with van der Waals surface area (Å²) < 4.78 is 17.0. The van der Waals surface area contributed by atoms with Crippen molar-refractivity contribution in [2.24, 2.45) is 5.73 Å². The summed E-state index contributed by atoms with van der Waals surface area (Å²) in [5, 5.41) is 4.65.